The van der Waals surface area contributed by atoms with E-state index in [1.165, 1.54) is 0 Å². The first-order valence-corrected chi connectivity index (χ1v) is 20.5. The lowest BCUT2D eigenvalue weighted by atomic mass is 9.82. The largest absolute Gasteiger partial charge is 0.310 e. The minimum atomic E-state index is -2.61. The summed E-state index contributed by atoms with van der Waals surface area (Å²) in [4.78, 5) is 0. The molecule has 0 aliphatic carbocycles. The maximum atomic E-state index is 15.9. The van der Waals surface area contributed by atoms with Gasteiger partial charge in [-0.25, -0.2) is 87.8 Å². The van der Waals surface area contributed by atoms with Crippen molar-refractivity contribution in [2.75, 3.05) is 0 Å². The van der Waals surface area contributed by atoms with Crippen LogP contribution in [0.1, 0.15) is 71.6 Å². The number of hydrogen-bond acceptors (Lipinski definition) is 4. The molecule has 8 bridgehead atoms. The van der Waals surface area contributed by atoms with Gasteiger partial charge in [0.2, 0.25) is 23.3 Å². The standard InChI is InChI=1S/C44H28F20N4/c45-25-21(26(46)34(54)41(61)33(25)53)17-9-1-2-10(65-9)18(22-27(47)35(55)42(62)36(56)28(22)48)12-5-6-14(67-12)20(24-31(51)39(59)44(64)40(60)32(24)52)16-8-7-15(68-16)19(13-4-3-11(17)66-13)23-29(49)37(57)43(63)38(58)30(23)50/h1-2,7-20,65-68H,3-6H2. The molecule has 0 saturated carbocycles. The second kappa shape index (κ2) is 17.3. The fraction of sp³-hybridized carbons (Fsp3) is 0.364. The second-order valence-corrected chi connectivity index (χ2v) is 17.2. The van der Waals surface area contributed by atoms with E-state index in [-0.39, 0.29) is 0 Å². The Kier molecular flexibility index (Phi) is 12.2. The molecule has 68 heavy (non-hydrogen) atoms. The van der Waals surface area contributed by atoms with Gasteiger partial charge in [0.25, 0.3) is 0 Å². The van der Waals surface area contributed by atoms with Crippen molar-refractivity contribution < 1.29 is 87.8 Å². The van der Waals surface area contributed by atoms with E-state index in [2.05, 4.69) is 21.3 Å². The van der Waals surface area contributed by atoms with Crippen molar-refractivity contribution in [3.63, 3.8) is 0 Å². The molecule has 12 atom stereocenters. The molecule has 24 heteroatoms. The lowest BCUT2D eigenvalue weighted by Gasteiger charge is -2.38. The van der Waals surface area contributed by atoms with E-state index in [9.17, 15) is 17.6 Å². The summed E-state index contributed by atoms with van der Waals surface area (Å²) in [6, 6.07) is -13.7. The molecule has 3 fully saturated rings. The van der Waals surface area contributed by atoms with E-state index < -0.39 is 236 Å². The Hall–Kier alpha value is -5.20. The molecule has 5 aliphatic heterocycles. The topological polar surface area (TPSA) is 48.1 Å². The third-order valence-corrected chi connectivity index (χ3v) is 13.8. The molecule has 4 aromatic carbocycles. The van der Waals surface area contributed by atoms with Crippen LogP contribution in [0.4, 0.5) is 87.8 Å². The number of rotatable bonds is 4. The molecule has 12 unspecified atom stereocenters. The summed E-state index contributed by atoms with van der Waals surface area (Å²) < 4.78 is 305. The SMILES string of the molecule is Fc1c(F)c(F)c(C2C3C=CC(N3)C(c3c(F)c(F)c(F)c(F)c3F)C3CCC(N3)C(c3c(F)c(F)c(F)c(F)c3F)C3C=CC(N3)C(c3c(F)c(F)c(F)c(F)c3F)C3CCC2N3)c(F)c1F. The first-order valence-electron chi connectivity index (χ1n) is 20.5. The lowest BCUT2D eigenvalue weighted by Crippen LogP contribution is -2.53. The molecule has 0 aromatic heterocycles. The van der Waals surface area contributed by atoms with E-state index in [0.29, 0.717) is 0 Å². The zero-order chi connectivity index (χ0) is 49.3. The van der Waals surface area contributed by atoms with Crippen molar-refractivity contribution >= 4 is 0 Å². The minimum absolute atomic E-state index is 0.502. The minimum Gasteiger partial charge on any atom is -0.310 e. The van der Waals surface area contributed by atoms with E-state index >= 15 is 70.2 Å². The van der Waals surface area contributed by atoms with Gasteiger partial charge in [0, 0.05) is 94.3 Å². The number of nitrogens with one attached hydrogen (secondary N) is 4. The Balaban J connectivity index is 1.28. The summed E-state index contributed by atoms with van der Waals surface area (Å²) in [5, 5.41) is 10.8. The number of fused-ring (bicyclic) bond motifs is 8. The van der Waals surface area contributed by atoms with Crippen LogP contribution >= 0.6 is 0 Å². The summed E-state index contributed by atoms with van der Waals surface area (Å²) >= 11 is 0. The summed E-state index contributed by atoms with van der Waals surface area (Å²) in [6.07, 6.45) is 1.87. The molecule has 5 heterocycles. The van der Waals surface area contributed by atoms with Crippen molar-refractivity contribution in [1.82, 2.24) is 21.3 Å². The Morgan fingerprint density at radius 3 is 0.529 bits per heavy atom. The molecule has 4 nitrogen and oxygen atoms in total. The predicted molar refractivity (Wildman–Crippen MR) is 195 cm³/mol. The molecule has 0 radical (unpaired) electrons. The molecule has 364 valence electrons. The van der Waals surface area contributed by atoms with Gasteiger partial charge in [-0.3, -0.25) is 0 Å². The van der Waals surface area contributed by atoms with Gasteiger partial charge in [-0.2, -0.15) is 0 Å². The molecule has 0 spiro atoms. The highest BCUT2D eigenvalue weighted by molar-refractivity contribution is 5.41. The summed E-state index contributed by atoms with van der Waals surface area (Å²) in [7, 11) is 0. The van der Waals surface area contributed by atoms with Crippen molar-refractivity contribution in [2.45, 2.75) is 97.7 Å². The van der Waals surface area contributed by atoms with Crippen molar-refractivity contribution in [3.8, 4) is 0 Å². The molecule has 9 rings (SSSR count). The average Bonchev–Trinajstić information content (AvgIpc) is 4.18. The molecular weight excluding hydrogens is 964 g/mol. The molecule has 3 saturated heterocycles. The first-order chi connectivity index (χ1) is 32.1. The van der Waals surface area contributed by atoms with Crippen molar-refractivity contribution in [2.24, 2.45) is 0 Å². The fourth-order valence-electron chi connectivity index (χ4n) is 11.0. The Bertz CT molecular complexity index is 2350. The highest BCUT2D eigenvalue weighted by Crippen LogP contribution is 2.48. The number of halogens is 20. The van der Waals surface area contributed by atoms with Crippen LogP contribution in [0, 0.1) is 116 Å². The molecule has 4 N–H and O–H groups in total. The number of hydrogen-bond donors (Lipinski definition) is 4. The van der Waals surface area contributed by atoms with E-state index in [1.807, 2.05) is 0 Å². The number of benzene rings is 4. The van der Waals surface area contributed by atoms with Gasteiger partial charge < -0.3 is 21.3 Å². The Morgan fingerprint density at radius 2 is 0.368 bits per heavy atom. The molecular formula is C44H28F20N4. The smallest absolute Gasteiger partial charge is 0.200 e. The molecule has 0 amide bonds. The van der Waals surface area contributed by atoms with Crippen LogP contribution in [0.3, 0.4) is 0 Å². The first kappa shape index (κ1) is 47.8. The van der Waals surface area contributed by atoms with Gasteiger partial charge >= 0.3 is 0 Å². The molecule has 5 aliphatic rings. The van der Waals surface area contributed by atoms with E-state index in [0.717, 1.165) is 24.3 Å². The van der Waals surface area contributed by atoms with Gasteiger partial charge in [-0.15, -0.1) is 0 Å². The van der Waals surface area contributed by atoms with Crippen LogP contribution in [0.2, 0.25) is 0 Å². The zero-order valence-electron chi connectivity index (χ0n) is 33.6. The van der Waals surface area contributed by atoms with Crippen LogP contribution < -0.4 is 21.3 Å². The Labute approximate surface area is 369 Å². The van der Waals surface area contributed by atoms with E-state index in [1.54, 1.807) is 0 Å². The second-order valence-electron chi connectivity index (χ2n) is 17.2. The van der Waals surface area contributed by atoms with Gasteiger partial charge in [-0.05, 0) is 25.7 Å². The van der Waals surface area contributed by atoms with E-state index in [4.69, 9.17) is 0 Å². The fourth-order valence-corrected chi connectivity index (χ4v) is 11.0. The summed E-state index contributed by atoms with van der Waals surface area (Å²) in [5.74, 6) is -57.8. The van der Waals surface area contributed by atoms with Gasteiger partial charge in [0.05, 0.1) is 0 Å². The Morgan fingerprint density at radius 1 is 0.221 bits per heavy atom. The van der Waals surface area contributed by atoms with Crippen LogP contribution in [0.25, 0.3) is 0 Å². The van der Waals surface area contributed by atoms with Crippen LogP contribution in [0.5, 0.6) is 0 Å². The summed E-state index contributed by atoms with van der Waals surface area (Å²) in [6.45, 7) is 0. The van der Waals surface area contributed by atoms with Crippen LogP contribution in [-0.2, 0) is 0 Å². The zero-order valence-corrected chi connectivity index (χ0v) is 33.6. The highest BCUT2D eigenvalue weighted by atomic mass is 19.2. The maximum absolute atomic E-state index is 15.9. The normalized spacial score (nSPS) is 30.1. The van der Waals surface area contributed by atoms with Gasteiger partial charge in [0.1, 0.15) is 0 Å². The van der Waals surface area contributed by atoms with Crippen LogP contribution in [0.15, 0.2) is 24.3 Å². The van der Waals surface area contributed by atoms with Gasteiger partial charge in [-0.1, -0.05) is 24.3 Å². The summed E-state index contributed by atoms with van der Waals surface area (Å²) in [5.41, 5.74) is -6.19. The quantitative estimate of drug-likeness (QED) is 0.0713. The third-order valence-electron chi connectivity index (χ3n) is 13.8. The third kappa shape index (κ3) is 7.12. The van der Waals surface area contributed by atoms with Crippen LogP contribution in [-0.4, -0.2) is 48.3 Å². The van der Waals surface area contributed by atoms with Crippen molar-refractivity contribution in [1.29, 1.82) is 0 Å². The highest BCUT2D eigenvalue weighted by Gasteiger charge is 2.52. The molecule has 4 aromatic rings. The van der Waals surface area contributed by atoms with Gasteiger partial charge in [0.15, 0.2) is 93.1 Å². The maximum Gasteiger partial charge on any atom is 0.200 e. The lowest BCUT2D eigenvalue weighted by molar-refractivity contribution is 0.283. The van der Waals surface area contributed by atoms with Crippen molar-refractivity contribution in [3.05, 3.63) is 163 Å². The average molecular weight is 993 g/mol. The predicted octanol–water partition coefficient (Wildman–Crippen LogP) is 9.95. The monoisotopic (exact) mass is 992 g/mol.